The Labute approximate surface area is 126 Å². The van der Waals surface area contributed by atoms with Crippen molar-refractivity contribution in [1.82, 2.24) is 4.90 Å². The van der Waals surface area contributed by atoms with Crippen molar-refractivity contribution in [3.8, 4) is 0 Å². The highest BCUT2D eigenvalue weighted by Crippen LogP contribution is 2.31. The summed E-state index contributed by atoms with van der Waals surface area (Å²) < 4.78 is 0. The number of likely N-dealkylation sites (tertiary alicyclic amines) is 1. The molecule has 120 valence electrons. The van der Waals surface area contributed by atoms with Gasteiger partial charge in [-0.05, 0) is 18.3 Å². The van der Waals surface area contributed by atoms with E-state index >= 15 is 0 Å². The van der Waals surface area contributed by atoms with Crippen LogP contribution in [0.3, 0.4) is 0 Å². The molecule has 1 fully saturated rings. The summed E-state index contributed by atoms with van der Waals surface area (Å²) in [7, 11) is 0. The maximum atomic E-state index is 12.3. The Morgan fingerprint density at radius 2 is 1.71 bits per heavy atom. The summed E-state index contributed by atoms with van der Waals surface area (Å²) in [4.78, 5) is 36.7. The molecule has 0 unspecified atom stereocenters. The summed E-state index contributed by atoms with van der Waals surface area (Å²) >= 11 is 0. The lowest BCUT2D eigenvalue weighted by Gasteiger charge is -2.20. The van der Waals surface area contributed by atoms with E-state index in [-0.39, 0.29) is 42.3 Å². The lowest BCUT2D eigenvalue weighted by Crippen LogP contribution is -2.31. The van der Waals surface area contributed by atoms with Crippen LogP contribution in [0.2, 0.25) is 0 Å². The number of ketones is 1. The highest BCUT2D eigenvalue weighted by molar-refractivity contribution is 5.86. The van der Waals surface area contributed by atoms with Gasteiger partial charge in [0.05, 0.1) is 6.42 Å². The topological polar surface area (TPSA) is 74.7 Å². The molecule has 2 atom stereocenters. The molecular formula is C16H27NO4. The van der Waals surface area contributed by atoms with E-state index in [1.807, 2.05) is 13.8 Å². The van der Waals surface area contributed by atoms with Crippen LogP contribution in [0, 0.1) is 23.7 Å². The van der Waals surface area contributed by atoms with E-state index in [1.54, 1.807) is 4.90 Å². The summed E-state index contributed by atoms with van der Waals surface area (Å²) in [5.74, 6) is -0.337. The lowest BCUT2D eigenvalue weighted by atomic mass is 9.82. The Bertz CT molecular complexity index is 403. The van der Waals surface area contributed by atoms with E-state index in [4.69, 9.17) is 5.11 Å². The maximum Gasteiger partial charge on any atom is 0.303 e. The molecule has 0 aromatic rings. The number of carboxylic acids is 1. The molecule has 1 aliphatic heterocycles. The molecule has 0 aromatic heterocycles. The number of carbonyl (C=O) groups is 3. The molecule has 0 saturated carbocycles. The quantitative estimate of drug-likeness (QED) is 0.781. The number of Topliss-reactive ketones (excluding diaryl/α,β-unsaturated/α-hetero) is 1. The zero-order chi connectivity index (χ0) is 16.2. The number of nitrogens with zero attached hydrogens (tertiary/aromatic N) is 1. The normalized spacial score (nSPS) is 22.1. The van der Waals surface area contributed by atoms with Gasteiger partial charge < -0.3 is 10.0 Å². The largest absolute Gasteiger partial charge is 0.481 e. The van der Waals surface area contributed by atoms with Gasteiger partial charge in [-0.15, -0.1) is 0 Å². The third kappa shape index (κ3) is 5.14. The third-order valence-corrected chi connectivity index (χ3v) is 4.06. The molecule has 1 aliphatic rings. The van der Waals surface area contributed by atoms with Gasteiger partial charge in [0, 0.05) is 31.3 Å². The van der Waals surface area contributed by atoms with Crippen molar-refractivity contribution in [3.63, 3.8) is 0 Å². The molecule has 0 aliphatic carbocycles. The Morgan fingerprint density at radius 3 is 2.19 bits per heavy atom. The standard InChI is InChI=1S/C16H27NO4/c1-10(2)7-12-8-17(14(18)5-6-15(19)20)9-13(12)16(21)11(3)4/h10-13H,5-9H2,1-4H3,(H,19,20)/t12-,13-/m0/s1. The molecule has 21 heavy (non-hydrogen) atoms. The number of amides is 1. The van der Waals surface area contributed by atoms with Gasteiger partial charge in [-0.2, -0.15) is 0 Å². The van der Waals surface area contributed by atoms with Gasteiger partial charge >= 0.3 is 5.97 Å². The Hall–Kier alpha value is -1.39. The van der Waals surface area contributed by atoms with E-state index < -0.39 is 5.97 Å². The van der Waals surface area contributed by atoms with Gasteiger partial charge in [-0.1, -0.05) is 27.7 Å². The molecule has 5 nitrogen and oxygen atoms in total. The maximum absolute atomic E-state index is 12.3. The van der Waals surface area contributed by atoms with Crippen molar-refractivity contribution in [1.29, 1.82) is 0 Å². The minimum atomic E-state index is -0.962. The van der Waals surface area contributed by atoms with E-state index in [9.17, 15) is 14.4 Å². The van der Waals surface area contributed by atoms with Crippen molar-refractivity contribution < 1.29 is 19.5 Å². The number of hydrogen-bond donors (Lipinski definition) is 1. The van der Waals surface area contributed by atoms with E-state index in [0.29, 0.717) is 19.0 Å². The fourth-order valence-electron chi connectivity index (χ4n) is 3.04. The lowest BCUT2D eigenvalue weighted by molar-refractivity contribution is -0.140. The second-order valence-electron chi connectivity index (χ2n) is 6.75. The Balaban J connectivity index is 2.72. The van der Waals surface area contributed by atoms with Crippen molar-refractivity contribution in [2.75, 3.05) is 13.1 Å². The minimum Gasteiger partial charge on any atom is -0.481 e. The van der Waals surface area contributed by atoms with Crippen LogP contribution < -0.4 is 0 Å². The second-order valence-corrected chi connectivity index (χ2v) is 6.75. The first-order chi connectivity index (χ1) is 9.72. The third-order valence-electron chi connectivity index (χ3n) is 4.06. The van der Waals surface area contributed by atoms with Crippen molar-refractivity contribution >= 4 is 17.7 Å². The summed E-state index contributed by atoms with van der Waals surface area (Å²) in [5, 5.41) is 8.66. The Kier molecular flexibility index (Phi) is 6.37. The predicted octanol–water partition coefficient (Wildman–Crippen LogP) is 2.20. The fourth-order valence-corrected chi connectivity index (χ4v) is 3.04. The first kappa shape index (κ1) is 17.7. The number of hydrogen-bond acceptors (Lipinski definition) is 3. The average molecular weight is 297 g/mol. The van der Waals surface area contributed by atoms with Crippen LogP contribution in [0.25, 0.3) is 0 Å². The van der Waals surface area contributed by atoms with E-state index in [0.717, 1.165) is 6.42 Å². The number of rotatable bonds is 7. The summed E-state index contributed by atoms with van der Waals surface area (Å²) in [6, 6.07) is 0. The van der Waals surface area contributed by atoms with Gasteiger partial charge in [0.25, 0.3) is 0 Å². The summed E-state index contributed by atoms with van der Waals surface area (Å²) in [6.07, 6.45) is 0.797. The SMILES string of the molecule is CC(C)C[C@H]1CN(C(=O)CCC(=O)O)C[C@@H]1C(=O)C(C)C. The number of carboxylic acid groups (broad SMARTS) is 1. The molecule has 1 amide bonds. The van der Waals surface area contributed by atoms with Gasteiger partial charge in [0.1, 0.15) is 5.78 Å². The molecule has 1 rings (SSSR count). The van der Waals surface area contributed by atoms with Gasteiger partial charge in [0.2, 0.25) is 5.91 Å². The van der Waals surface area contributed by atoms with Crippen molar-refractivity contribution in [3.05, 3.63) is 0 Å². The van der Waals surface area contributed by atoms with Crippen LogP contribution in [0.5, 0.6) is 0 Å². The smallest absolute Gasteiger partial charge is 0.303 e. The zero-order valence-corrected chi connectivity index (χ0v) is 13.5. The van der Waals surface area contributed by atoms with Crippen LogP contribution in [-0.4, -0.2) is 40.8 Å². The van der Waals surface area contributed by atoms with E-state index in [1.165, 1.54) is 0 Å². The number of carbonyl (C=O) groups excluding carboxylic acids is 2. The molecule has 1 heterocycles. The van der Waals surface area contributed by atoms with Crippen LogP contribution in [-0.2, 0) is 14.4 Å². The highest BCUT2D eigenvalue weighted by atomic mass is 16.4. The molecule has 1 N–H and O–H groups in total. The van der Waals surface area contributed by atoms with Gasteiger partial charge in [-0.25, -0.2) is 0 Å². The van der Waals surface area contributed by atoms with Gasteiger partial charge in [-0.3, -0.25) is 14.4 Å². The van der Waals surface area contributed by atoms with Crippen molar-refractivity contribution in [2.45, 2.75) is 47.0 Å². The molecule has 5 heteroatoms. The Morgan fingerprint density at radius 1 is 1.10 bits per heavy atom. The first-order valence-electron chi connectivity index (χ1n) is 7.75. The average Bonchev–Trinajstić information content (AvgIpc) is 2.77. The van der Waals surface area contributed by atoms with Crippen LogP contribution in [0.15, 0.2) is 0 Å². The molecule has 0 bridgehead atoms. The molecule has 0 aromatic carbocycles. The predicted molar refractivity (Wildman–Crippen MR) is 79.7 cm³/mol. The second kappa shape index (κ2) is 7.57. The number of aliphatic carboxylic acids is 1. The molecule has 1 saturated heterocycles. The van der Waals surface area contributed by atoms with Gasteiger partial charge in [0.15, 0.2) is 0 Å². The van der Waals surface area contributed by atoms with Crippen molar-refractivity contribution in [2.24, 2.45) is 23.7 Å². The van der Waals surface area contributed by atoms with Crippen LogP contribution >= 0.6 is 0 Å². The van der Waals surface area contributed by atoms with E-state index in [2.05, 4.69) is 13.8 Å². The fraction of sp³-hybridized carbons (Fsp3) is 0.812. The summed E-state index contributed by atoms with van der Waals surface area (Å²) in [5.41, 5.74) is 0. The zero-order valence-electron chi connectivity index (χ0n) is 13.5. The minimum absolute atomic E-state index is 0.0202. The molecule has 0 spiro atoms. The molecular weight excluding hydrogens is 270 g/mol. The molecule has 0 radical (unpaired) electrons. The highest BCUT2D eigenvalue weighted by Gasteiger charge is 2.39. The summed E-state index contributed by atoms with van der Waals surface area (Å²) in [6.45, 7) is 9.05. The van der Waals surface area contributed by atoms with Crippen LogP contribution in [0.1, 0.15) is 47.0 Å². The monoisotopic (exact) mass is 297 g/mol. The van der Waals surface area contributed by atoms with Crippen LogP contribution in [0.4, 0.5) is 0 Å². The first-order valence-corrected chi connectivity index (χ1v) is 7.75.